The Hall–Kier alpha value is -2.52. The number of carbonyl (C=O) groups is 2. The summed E-state index contributed by atoms with van der Waals surface area (Å²) in [5.74, 6) is -3.25. The van der Waals surface area contributed by atoms with E-state index in [4.69, 9.17) is 0 Å². The summed E-state index contributed by atoms with van der Waals surface area (Å²) < 4.78 is 0. The zero-order valence-corrected chi connectivity index (χ0v) is 10.3. The van der Waals surface area contributed by atoms with Gasteiger partial charge in [-0.25, -0.2) is 4.79 Å². The van der Waals surface area contributed by atoms with Gasteiger partial charge in [0.2, 0.25) is 5.91 Å². The van der Waals surface area contributed by atoms with Gasteiger partial charge in [0, 0.05) is 13.1 Å². The normalized spacial score (nSPS) is 22.4. The number of anilines is 1. The smallest absolute Gasteiger partial charge is 0.341 e. The molecule has 1 amide bonds. The highest BCUT2D eigenvalue weighted by Crippen LogP contribution is 2.26. The monoisotopic (exact) mass is 281 g/mol. The van der Waals surface area contributed by atoms with Crippen molar-refractivity contribution < 1.29 is 24.5 Å². The lowest BCUT2D eigenvalue weighted by Crippen LogP contribution is -2.37. The predicted molar refractivity (Wildman–Crippen MR) is 65.1 cm³/mol. The predicted octanol–water partition coefficient (Wildman–Crippen LogP) is -0.129. The van der Waals surface area contributed by atoms with E-state index in [-0.39, 0.29) is 11.4 Å². The molecule has 1 saturated heterocycles. The molecule has 0 radical (unpaired) electrons. The second-order valence-electron chi connectivity index (χ2n) is 4.11. The molecule has 2 atom stereocenters. The number of rotatable bonds is 3. The van der Waals surface area contributed by atoms with Gasteiger partial charge in [-0.3, -0.25) is 14.9 Å². The van der Waals surface area contributed by atoms with Gasteiger partial charge in [0.1, 0.15) is 5.69 Å². The summed E-state index contributed by atoms with van der Waals surface area (Å²) >= 11 is 0. The molecule has 1 aliphatic heterocycles. The highest BCUT2D eigenvalue weighted by molar-refractivity contribution is 6.06. The third-order valence-electron chi connectivity index (χ3n) is 2.80. The van der Waals surface area contributed by atoms with Crippen LogP contribution < -0.4 is 5.32 Å². The first-order chi connectivity index (χ1) is 9.41. The van der Waals surface area contributed by atoms with Crippen molar-refractivity contribution in [1.29, 1.82) is 0 Å². The van der Waals surface area contributed by atoms with Crippen LogP contribution in [0.2, 0.25) is 0 Å². The minimum atomic E-state index is -1.46. The van der Waals surface area contributed by atoms with Crippen molar-refractivity contribution in [2.24, 2.45) is 5.92 Å². The van der Waals surface area contributed by atoms with Crippen molar-refractivity contribution in [3.8, 4) is 0 Å². The molecule has 2 unspecified atom stereocenters. The Morgan fingerprint density at radius 3 is 2.70 bits per heavy atom. The van der Waals surface area contributed by atoms with E-state index in [0.29, 0.717) is 0 Å². The van der Waals surface area contributed by atoms with E-state index in [1.807, 2.05) is 0 Å². The summed E-state index contributed by atoms with van der Waals surface area (Å²) in [6, 6.07) is 5.48. The van der Waals surface area contributed by atoms with E-state index >= 15 is 0 Å². The molecule has 9 nitrogen and oxygen atoms in total. The van der Waals surface area contributed by atoms with Crippen molar-refractivity contribution in [3.05, 3.63) is 34.4 Å². The molecule has 0 saturated carbocycles. The molecule has 0 spiro atoms. The number of nitrogens with zero attached hydrogens (tertiary/aromatic N) is 2. The summed E-state index contributed by atoms with van der Waals surface area (Å²) in [6.45, 7) is 0. The number of amides is 1. The fraction of sp³-hybridized carbons (Fsp3) is 0.273. The number of nitro groups is 1. The molecule has 20 heavy (non-hydrogen) atoms. The van der Waals surface area contributed by atoms with Crippen LogP contribution in [-0.4, -0.2) is 40.2 Å². The second-order valence-corrected chi connectivity index (χ2v) is 4.11. The van der Waals surface area contributed by atoms with Crippen molar-refractivity contribution in [1.82, 2.24) is 5.06 Å². The third kappa shape index (κ3) is 2.44. The number of hydrogen-bond acceptors (Lipinski definition) is 7. The van der Waals surface area contributed by atoms with Crippen LogP contribution in [0.15, 0.2) is 24.3 Å². The zero-order chi connectivity index (χ0) is 14.9. The van der Waals surface area contributed by atoms with Crippen molar-refractivity contribution in [3.63, 3.8) is 0 Å². The average Bonchev–Trinajstić information content (AvgIpc) is 2.63. The summed E-state index contributed by atoms with van der Waals surface area (Å²) in [6.07, 6.45) is -1.44. The third-order valence-corrected chi connectivity index (χ3v) is 2.80. The highest BCUT2D eigenvalue weighted by atomic mass is 16.7. The topological polar surface area (TPSA) is 122 Å². The van der Waals surface area contributed by atoms with Crippen LogP contribution >= 0.6 is 0 Å². The largest absolute Gasteiger partial charge is 0.374 e. The number of benzene rings is 1. The first-order valence-electron chi connectivity index (χ1n) is 5.59. The van der Waals surface area contributed by atoms with Gasteiger partial charge in [0.25, 0.3) is 5.69 Å². The standard InChI is InChI=1S/C11H11N3O6/c1-13-10(16)8(11(17)20-13)9(15)12-6-4-2-3-5-7(6)14(18)19/h2-5,8,10,16H,1H3,(H,12,15). The number of aliphatic hydroxyl groups excluding tert-OH is 1. The number of hydrogen-bond donors (Lipinski definition) is 2. The van der Waals surface area contributed by atoms with Gasteiger partial charge < -0.3 is 15.3 Å². The van der Waals surface area contributed by atoms with E-state index < -0.39 is 28.9 Å². The number of nitrogens with one attached hydrogen (secondary N) is 1. The zero-order valence-electron chi connectivity index (χ0n) is 10.3. The Morgan fingerprint density at radius 1 is 1.50 bits per heavy atom. The van der Waals surface area contributed by atoms with Crippen molar-refractivity contribution >= 4 is 23.3 Å². The maximum atomic E-state index is 11.9. The average molecular weight is 281 g/mol. The number of para-hydroxylation sites is 2. The molecule has 1 aromatic rings. The first-order valence-corrected chi connectivity index (χ1v) is 5.59. The van der Waals surface area contributed by atoms with Crippen LogP contribution in [0.4, 0.5) is 11.4 Å². The summed E-state index contributed by atoms with van der Waals surface area (Å²) in [5, 5.41) is 23.5. The molecule has 2 N–H and O–H groups in total. The van der Waals surface area contributed by atoms with E-state index in [9.17, 15) is 24.8 Å². The van der Waals surface area contributed by atoms with Crippen LogP contribution in [0, 0.1) is 16.0 Å². The molecule has 0 aromatic heterocycles. The second kappa shape index (κ2) is 5.23. The number of hydroxylamine groups is 2. The van der Waals surface area contributed by atoms with Crippen molar-refractivity contribution in [2.75, 3.05) is 12.4 Å². The minimum Gasteiger partial charge on any atom is -0.374 e. The van der Waals surface area contributed by atoms with Crippen LogP contribution in [0.5, 0.6) is 0 Å². The summed E-state index contributed by atoms with van der Waals surface area (Å²) in [7, 11) is 1.29. The molecule has 9 heteroatoms. The Kier molecular flexibility index (Phi) is 3.63. The molecular weight excluding hydrogens is 270 g/mol. The summed E-state index contributed by atoms with van der Waals surface area (Å²) in [5.41, 5.74) is -0.368. The van der Waals surface area contributed by atoms with Gasteiger partial charge in [0.05, 0.1) is 4.92 Å². The maximum absolute atomic E-state index is 11.9. The lowest BCUT2D eigenvalue weighted by atomic mass is 10.1. The van der Waals surface area contributed by atoms with E-state index in [2.05, 4.69) is 10.2 Å². The van der Waals surface area contributed by atoms with E-state index in [0.717, 1.165) is 5.06 Å². The van der Waals surface area contributed by atoms with Gasteiger partial charge in [-0.15, -0.1) is 5.06 Å². The molecule has 1 aliphatic rings. The molecule has 0 aliphatic carbocycles. The quantitative estimate of drug-likeness (QED) is 0.449. The molecule has 2 rings (SSSR count). The number of nitro benzene ring substituents is 1. The number of carbonyl (C=O) groups excluding carboxylic acids is 2. The first kappa shape index (κ1) is 13.9. The van der Waals surface area contributed by atoms with Gasteiger partial charge in [0.15, 0.2) is 12.1 Å². The Bertz CT molecular complexity index is 575. The minimum absolute atomic E-state index is 0.0583. The van der Waals surface area contributed by atoms with Gasteiger partial charge in [-0.1, -0.05) is 12.1 Å². The van der Waals surface area contributed by atoms with Crippen LogP contribution in [-0.2, 0) is 14.4 Å². The SMILES string of the molecule is CN1OC(=O)C(C(=O)Nc2ccccc2[N+](=O)[O-])C1O. The van der Waals surface area contributed by atoms with Crippen LogP contribution in [0.25, 0.3) is 0 Å². The fourth-order valence-corrected chi connectivity index (χ4v) is 1.78. The maximum Gasteiger partial charge on any atom is 0.341 e. The highest BCUT2D eigenvalue weighted by Gasteiger charge is 2.46. The molecule has 1 aromatic carbocycles. The number of aliphatic hydroxyl groups is 1. The lowest BCUT2D eigenvalue weighted by molar-refractivity contribution is -0.383. The molecule has 1 heterocycles. The molecular formula is C11H11N3O6. The van der Waals surface area contributed by atoms with Gasteiger partial charge >= 0.3 is 5.97 Å². The van der Waals surface area contributed by atoms with Crippen LogP contribution in [0.3, 0.4) is 0 Å². The Morgan fingerprint density at radius 2 is 2.15 bits per heavy atom. The van der Waals surface area contributed by atoms with E-state index in [1.165, 1.54) is 31.3 Å². The lowest BCUT2D eigenvalue weighted by Gasteiger charge is -2.13. The fourth-order valence-electron chi connectivity index (χ4n) is 1.78. The Balaban J connectivity index is 2.21. The van der Waals surface area contributed by atoms with Gasteiger partial charge in [-0.05, 0) is 6.07 Å². The molecule has 106 valence electrons. The molecule has 1 fully saturated rings. The van der Waals surface area contributed by atoms with E-state index in [1.54, 1.807) is 0 Å². The van der Waals surface area contributed by atoms with Gasteiger partial charge in [-0.2, -0.15) is 0 Å². The van der Waals surface area contributed by atoms with Crippen molar-refractivity contribution in [2.45, 2.75) is 6.23 Å². The van der Waals surface area contributed by atoms with Crippen LogP contribution in [0.1, 0.15) is 0 Å². The Labute approximate surface area is 112 Å². The summed E-state index contributed by atoms with van der Waals surface area (Å²) in [4.78, 5) is 38.1. The molecule has 0 bridgehead atoms.